The summed E-state index contributed by atoms with van der Waals surface area (Å²) in [5.74, 6) is 0.850. The highest BCUT2D eigenvalue weighted by atomic mass is 16.5. The van der Waals surface area contributed by atoms with Crippen LogP contribution in [0.15, 0.2) is 54.7 Å². The van der Waals surface area contributed by atoms with Crippen molar-refractivity contribution in [1.29, 1.82) is 0 Å². The molecule has 0 bridgehead atoms. The molecule has 0 saturated heterocycles. The van der Waals surface area contributed by atoms with E-state index in [0.29, 0.717) is 23.9 Å². The van der Waals surface area contributed by atoms with Crippen molar-refractivity contribution in [2.24, 2.45) is 0 Å². The van der Waals surface area contributed by atoms with Crippen molar-refractivity contribution in [3.63, 3.8) is 0 Å². The predicted octanol–water partition coefficient (Wildman–Crippen LogP) is 3.17. The first-order valence-corrected chi connectivity index (χ1v) is 9.69. The van der Waals surface area contributed by atoms with E-state index < -0.39 is 0 Å². The molecule has 2 aromatic heterocycles. The Balaban J connectivity index is 1.48. The Labute approximate surface area is 178 Å². The lowest BCUT2D eigenvalue weighted by Crippen LogP contribution is -2.18. The Hall–Kier alpha value is -3.98. The van der Waals surface area contributed by atoms with E-state index in [1.165, 1.54) is 6.92 Å². The monoisotopic (exact) mass is 418 g/mol. The molecule has 9 heteroatoms. The van der Waals surface area contributed by atoms with Crippen LogP contribution < -0.4 is 10.6 Å². The second-order valence-electron chi connectivity index (χ2n) is 7.03. The summed E-state index contributed by atoms with van der Waals surface area (Å²) in [6.45, 7) is 1.95. The number of hydrogen-bond acceptors (Lipinski definition) is 5. The largest absolute Gasteiger partial charge is 0.377 e. The Bertz CT molecular complexity index is 1240. The van der Waals surface area contributed by atoms with Crippen molar-refractivity contribution in [2.45, 2.75) is 20.1 Å². The fourth-order valence-corrected chi connectivity index (χ4v) is 3.38. The minimum Gasteiger partial charge on any atom is -0.377 e. The van der Waals surface area contributed by atoms with Gasteiger partial charge in [-0.25, -0.2) is 4.98 Å². The van der Waals surface area contributed by atoms with Gasteiger partial charge in [0.05, 0.1) is 11.2 Å². The van der Waals surface area contributed by atoms with Crippen LogP contribution in [0.1, 0.15) is 12.7 Å². The van der Waals surface area contributed by atoms with Crippen molar-refractivity contribution >= 4 is 34.1 Å². The molecule has 0 fully saturated rings. The maximum atomic E-state index is 12.7. The van der Waals surface area contributed by atoms with Crippen molar-refractivity contribution in [3.8, 4) is 11.4 Å². The fraction of sp³-hybridized carbons (Fsp3) is 0.182. The minimum atomic E-state index is -0.172. The molecule has 4 rings (SSSR count). The van der Waals surface area contributed by atoms with Gasteiger partial charge in [-0.2, -0.15) is 5.10 Å². The average Bonchev–Trinajstić information content (AvgIpc) is 3.36. The van der Waals surface area contributed by atoms with Crippen LogP contribution >= 0.6 is 0 Å². The number of fused-ring (bicyclic) bond motifs is 1. The van der Waals surface area contributed by atoms with E-state index in [1.54, 1.807) is 7.11 Å². The molecule has 0 saturated carbocycles. The minimum absolute atomic E-state index is 0.135. The van der Waals surface area contributed by atoms with E-state index in [4.69, 9.17) is 4.74 Å². The summed E-state index contributed by atoms with van der Waals surface area (Å²) < 4.78 is 6.89. The zero-order valence-corrected chi connectivity index (χ0v) is 17.2. The summed E-state index contributed by atoms with van der Waals surface area (Å²) in [5, 5.41) is 13.6. The van der Waals surface area contributed by atoms with Gasteiger partial charge in [-0.05, 0) is 30.3 Å². The van der Waals surface area contributed by atoms with Crippen LogP contribution in [0.4, 0.5) is 11.4 Å². The summed E-state index contributed by atoms with van der Waals surface area (Å²) in [5.41, 5.74) is 3.01. The molecule has 0 unspecified atom stereocenters. The van der Waals surface area contributed by atoms with Crippen LogP contribution in [-0.2, 0) is 27.5 Å². The van der Waals surface area contributed by atoms with E-state index in [0.717, 1.165) is 22.2 Å². The molecule has 9 nitrogen and oxygen atoms in total. The molecule has 0 radical (unpaired) electrons. The lowest BCUT2D eigenvalue weighted by atomic mass is 10.2. The first-order chi connectivity index (χ1) is 15.0. The molecular formula is C22H22N6O3. The fourth-order valence-electron chi connectivity index (χ4n) is 3.38. The third-order valence-corrected chi connectivity index (χ3v) is 4.66. The number of nitrogens with one attached hydrogen (secondary N) is 3. The molecule has 31 heavy (non-hydrogen) atoms. The number of hydrogen-bond donors (Lipinski definition) is 3. The number of carbonyl (C=O) groups excluding carboxylic acids is 2. The first-order valence-electron chi connectivity index (χ1n) is 9.69. The van der Waals surface area contributed by atoms with Crippen molar-refractivity contribution in [2.75, 3.05) is 17.7 Å². The number of anilines is 2. The number of nitrogens with zero attached hydrogens (tertiary/aromatic N) is 3. The number of amides is 2. The van der Waals surface area contributed by atoms with Crippen LogP contribution in [0.5, 0.6) is 0 Å². The van der Waals surface area contributed by atoms with E-state index in [9.17, 15) is 9.59 Å². The molecule has 0 aliphatic carbocycles. The Morgan fingerprint density at radius 3 is 2.77 bits per heavy atom. The second-order valence-corrected chi connectivity index (χ2v) is 7.03. The maximum Gasteiger partial charge on any atom is 0.244 e. The van der Waals surface area contributed by atoms with E-state index in [2.05, 4.69) is 25.8 Å². The zero-order chi connectivity index (χ0) is 21.8. The van der Waals surface area contributed by atoms with E-state index in [1.807, 2.05) is 59.3 Å². The number of carbonyl (C=O) groups is 2. The molecular weight excluding hydrogens is 396 g/mol. The van der Waals surface area contributed by atoms with Gasteiger partial charge in [-0.15, -0.1) is 0 Å². The lowest BCUT2D eigenvalue weighted by molar-refractivity contribution is -0.116. The number of aromatic amines is 1. The van der Waals surface area contributed by atoms with E-state index in [-0.39, 0.29) is 18.4 Å². The Morgan fingerprint density at radius 2 is 1.97 bits per heavy atom. The van der Waals surface area contributed by atoms with Gasteiger partial charge in [-0.3, -0.25) is 14.7 Å². The van der Waals surface area contributed by atoms with Gasteiger partial charge >= 0.3 is 0 Å². The predicted molar refractivity (Wildman–Crippen MR) is 117 cm³/mol. The molecule has 2 aromatic carbocycles. The highest BCUT2D eigenvalue weighted by molar-refractivity contribution is 6.01. The van der Waals surface area contributed by atoms with Gasteiger partial charge in [0.15, 0.2) is 11.6 Å². The molecule has 2 heterocycles. The van der Waals surface area contributed by atoms with Crippen LogP contribution in [-0.4, -0.2) is 38.7 Å². The van der Waals surface area contributed by atoms with Gasteiger partial charge in [0.25, 0.3) is 0 Å². The SMILES string of the molecule is COCc1nc(-c2cccc(NC(=O)Cn3ccc4c(NC(C)=O)cccc43)c2)n[nH]1. The molecule has 158 valence electrons. The molecule has 3 N–H and O–H groups in total. The smallest absolute Gasteiger partial charge is 0.244 e. The summed E-state index contributed by atoms with van der Waals surface area (Å²) in [7, 11) is 1.59. The molecule has 0 atom stereocenters. The average molecular weight is 418 g/mol. The first kappa shape index (κ1) is 20.3. The Morgan fingerprint density at radius 1 is 1.13 bits per heavy atom. The highest BCUT2D eigenvalue weighted by Gasteiger charge is 2.11. The van der Waals surface area contributed by atoms with Gasteiger partial charge in [0.1, 0.15) is 13.2 Å². The number of ether oxygens (including phenoxy) is 1. The maximum absolute atomic E-state index is 12.7. The van der Waals surface area contributed by atoms with Crippen molar-refractivity contribution in [1.82, 2.24) is 19.7 Å². The van der Waals surface area contributed by atoms with Gasteiger partial charge in [-0.1, -0.05) is 18.2 Å². The van der Waals surface area contributed by atoms with Crippen molar-refractivity contribution < 1.29 is 14.3 Å². The number of H-pyrrole nitrogens is 1. The van der Waals surface area contributed by atoms with Gasteiger partial charge in [0, 0.05) is 36.9 Å². The van der Waals surface area contributed by atoms with Gasteiger partial charge < -0.3 is 19.9 Å². The molecule has 4 aromatic rings. The molecule has 0 spiro atoms. The zero-order valence-electron chi connectivity index (χ0n) is 17.2. The van der Waals surface area contributed by atoms with Gasteiger partial charge in [0.2, 0.25) is 11.8 Å². The van der Waals surface area contributed by atoms with Crippen LogP contribution in [0.2, 0.25) is 0 Å². The van der Waals surface area contributed by atoms with Crippen molar-refractivity contribution in [3.05, 3.63) is 60.6 Å². The molecule has 0 aliphatic heterocycles. The standard InChI is InChI=1S/C22H22N6O3/c1-14(29)23-18-7-4-8-19-17(18)9-10-28(19)12-21(30)24-16-6-3-5-15(11-16)22-25-20(13-31-2)26-27-22/h3-11H,12-13H2,1-2H3,(H,23,29)(H,24,30)(H,25,26,27). The van der Waals surface area contributed by atoms with E-state index >= 15 is 0 Å². The molecule has 0 aliphatic rings. The number of methoxy groups -OCH3 is 1. The highest BCUT2D eigenvalue weighted by Crippen LogP contribution is 2.25. The number of aromatic nitrogens is 4. The van der Waals surface area contributed by atoms with Crippen LogP contribution in [0.25, 0.3) is 22.3 Å². The third-order valence-electron chi connectivity index (χ3n) is 4.66. The van der Waals surface area contributed by atoms with Crippen LogP contribution in [0, 0.1) is 0 Å². The number of rotatable bonds is 7. The summed E-state index contributed by atoms with van der Waals surface area (Å²) in [4.78, 5) is 28.5. The third kappa shape index (κ3) is 4.62. The summed E-state index contributed by atoms with van der Waals surface area (Å²) >= 11 is 0. The topological polar surface area (TPSA) is 114 Å². The normalized spacial score (nSPS) is 10.9. The number of benzene rings is 2. The quantitative estimate of drug-likeness (QED) is 0.427. The van der Waals surface area contributed by atoms with Crippen LogP contribution in [0.3, 0.4) is 0 Å². The summed E-state index contributed by atoms with van der Waals surface area (Å²) in [6.07, 6.45) is 1.83. The molecule has 2 amide bonds. The second kappa shape index (κ2) is 8.80. The lowest BCUT2D eigenvalue weighted by Gasteiger charge is -2.09. The Kier molecular flexibility index (Phi) is 5.76. The summed E-state index contributed by atoms with van der Waals surface area (Å²) in [6, 6.07) is 14.8.